The Labute approximate surface area is 99.9 Å². The topological polar surface area (TPSA) is 30.9 Å². The normalized spacial score (nSPS) is 11.6. The van der Waals surface area contributed by atoms with Gasteiger partial charge in [0.1, 0.15) is 0 Å². The standard InChI is InChI=1S/C12H27NO3/c1-5-15-12(16-6-2)8-10-13(3)9-7-11-14-4/h12H,5-11H2,1-4H3. The second-order valence-electron chi connectivity index (χ2n) is 3.78. The van der Waals surface area contributed by atoms with E-state index in [0.29, 0.717) is 13.2 Å². The van der Waals surface area contributed by atoms with Crippen LogP contribution < -0.4 is 0 Å². The van der Waals surface area contributed by atoms with Crippen LogP contribution in [0.4, 0.5) is 0 Å². The molecule has 0 spiro atoms. The van der Waals surface area contributed by atoms with E-state index in [9.17, 15) is 0 Å². The monoisotopic (exact) mass is 233 g/mol. The van der Waals surface area contributed by atoms with Crippen LogP contribution in [-0.4, -0.2) is 58.3 Å². The van der Waals surface area contributed by atoms with E-state index in [2.05, 4.69) is 11.9 Å². The highest BCUT2D eigenvalue weighted by molar-refractivity contribution is 4.54. The van der Waals surface area contributed by atoms with Crippen LogP contribution in [0.15, 0.2) is 0 Å². The van der Waals surface area contributed by atoms with Crippen molar-refractivity contribution >= 4 is 0 Å². The van der Waals surface area contributed by atoms with Crippen LogP contribution >= 0.6 is 0 Å². The Bertz CT molecular complexity index is 138. The molecule has 0 heterocycles. The average molecular weight is 233 g/mol. The van der Waals surface area contributed by atoms with Crippen LogP contribution in [0.1, 0.15) is 26.7 Å². The fourth-order valence-corrected chi connectivity index (χ4v) is 1.50. The van der Waals surface area contributed by atoms with Gasteiger partial charge in [0.2, 0.25) is 0 Å². The molecule has 0 rings (SSSR count). The lowest BCUT2D eigenvalue weighted by Crippen LogP contribution is -2.27. The number of ether oxygens (including phenoxy) is 3. The van der Waals surface area contributed by atoms with Gasteiger partial charge in [0.25, 0.3) is 0 Å². The lowest BCUT2D eigenvalue weighted by molar-refractivity contribution is -0.141. The predicted molar refractivity (Wildman–Crippen MR) is 65.6 cm³/mol. The van der Waals surface area contributed by atoms with Gasteiger partial charge in [-0.25, -0.2) is 0 Å². The molecule has 0 bridgehead atoms. The molecule has 0 radical (unpaired) electrons. The zero-order valence-electron chi connectivity index (χ0n) is 11.2. The Morgan fingerprint density at radius 2 is 1.69 bits per heavy atom. The first-order valence-electron chi connectivity index (χ1n) is 6.15. The molecule has 0 fully saturated rings. The highest BCUT2D eigenvalue weighted by Crippen LogP contribution is 2.02. The number of nitrogens with zero attached hydrogens (tertiary/aromatic N) is 1. The molecule has 0 aliphatic heterocycles. The number of methoxy groups -OCH3 is 1. The third kappa shape index (κ3) is 9.09. The van der Waals surface area contributed by atoms with Crippen molar-refractivity contribution in [3.8, 4) is 0 Å². The van der Waals surface area contributed by atoms with Crippen molar-refractivity contribution in [1.29, 1.82) is 0 Å². The smallest absolute Gasteiger partial charge is 0.158 e. The summed E-state index contributed by atoms with van der Waals surface area (Å²) >= 11 is 0. The Balaban J connectivity index is 3.56. The summed E-state index contributed by atoms with van der Waals surface area (Å²) in [6, 6.07) is 0. The van der Waals surface area contributed by atoms with Gasteiger partial charge in [-0.1, -0.05) is 0 Å². The van der Waals surface area contributed by atoms with E-state index in [-0.39, 0.29) is 6.29 Å². The van der Waals surface area contributed by atoms with Crippen LogP contribution in [0.2, 0.25) is 0 Å². The molecule has 98 valence electrons. The third-order valence-corrected chi connectivity index (χ3v) is 2.34. The van der Waals surface area contributed by atoms with Crippen LogP contribution in [0.5, 0.6) is 0 Å². The lowest BCUT2D eigenvalue weighted by Gasteiger charge is -2.21. The van der Waals surface area contributed by atoms with E-state index in [0.717, 1.165) is 32.5 Å². The minimum Gasteiger partial charge on any atom is -0.385 e. The Hall–Kier alpha value is -0.160. The summed E-state index contributed by atoms with van der Waals surface area (Å²) in [6.45, 7) is 8.27. The van der Waals surface area contributed by atoms with Gasteiger partial charge in [-0.2, -0.15) is 0 Å². The maximum atomic E-state index is 5.48. The van der Waals surface area contributed by atoms with Crippen LogP contribution in [0, 0.1) is 0 Å². The van der Waals surface area contributed by atoms with E-state index < -0.39 is 0 Å². The van der Waals surface area contributed by atoms with Crippen LogP contribution in [0.3, 0.4) is 0 Å². The first-order valence-corrected chi connectivity index (χ1v) is 6.15. The summed E-state index contributed by atoms with van der Waals surface area (Å²) < 4.78 is 16.0. The van der Waals surface area contributed by atoms with Crippen molar-refractivity contribution in [2.75, 3.05) is 47.1 Å². The Morgan fingerprint density at radius 1 is 1.06 bits per heavy atom. The molecule has 0 aromatic heterocycles. The van der Waals surface area contributed by atoms with Gasteiger partial charge < -0.3 is 19.1 Å². The van der Waals surface area contributed by atoms with Gasteiger partial charge in [-0.15, -0.1) is 0 Å². The van der Waals surface area contributed by atoms with Crippen LogP contribution in [0.25, 0.3) is 0 Å². The van der Waals surface area contributed by atoms with Crippen molar-refractivity contribution in [2.24, 2.45) is 0 Å². The SMILES string of the molecule is CCOC(CCN(C)CCCOC)OCC. The summed E-state index contributed by atoms with van der Waals surface area (Å²) in [5.41, 5.74) is 0. The molecule has 0 N–H and O–H groups in total. The zero-order chi connectivity index (χ0) is 12.2. The van der Waals surface area contributed by atoms with Crippen LogP contribution in [-0.2, 0) is 14.2 Å². The molecule has 0 aliphatic carbocycles. The molecule has 0 atom stereocenters. The molecule has 4 heteroatoms. The van der Waals surface area contributed by atoms with Gasteiger partial charge in [0, 0.05) is 46.4 Å². The molecule has 0 aromatic carbocycles. The maximum absolute atomic E-state index is 5.48. The number of hydrogen-bond acceptors (Lipinski definition) is 4. The van der Waals surface area contributed by atoms with E-state index >= 15 is 0 Å². The minimum absolute atomic E-state index is 0.0557. The molecule has 0 saturated carbocycles. The van der Waals surface area contributed by atoms with Crippen molar-refractivity contribution in [1.82, 2.24) is 4.90 Å². The Morgan fingerprint density at radius 3 is 2.19 bits per heavy atom. The molecule has 0 aromatic rings. The molecular formula is C12H27NO3. The maximum Gasteiger partial charge on any atom is 0.158 e. The Kier molecular flexibility index (Phi) is 11.2. The number of hydrogen-bond donors (Lipinski definition) is 0. The van der Waals surface area contributed by atoms with Gasteiger partial charge in [-0.05, 0) is 27.3 Å². The molecule has 0 amide bonds. The van der Waals surface area contributed by atoms with Gasteiger partial charge in [0.05, 0.1) is 0 Å². The summed E-state index contributed by atoms with van der Waals surface area (Å²) in [7, 11) is 3.85. The molecule has 16 heavy (non-hydrogen) atoms. The summed E-state index contributed by atoms with van der Waals surface area (Å²) in [5, 5.41) is 0. The number of rotatable bonds is 11. The highest BCUT2D eigenvalue weighted by atomic mass is 16.7. The molecule has 0 aliphatic rings. The molecule has 4 nitrogen and oxygen atoms in total. The third-order valence-electron chi connectivity index (χ3n) is 2.34. The van der Waals surface area contributed by atoms with Crippen molar-refractivity contribution in [3.63, 3.8) is 0 Å². The second kappa shape index (κ2) is 11.3. The minimum atomic E-state index is -0.0557. The van der Waals surface area contributed by atoms with E-state index in [4.69, 9.17) is 14.2 Å². The van der Waals surface area contributed by atoms with Gasteiger partial charge >= 0.3 is 0 Å². The highest BCUT2D eigenvalue weighted by Gasteiger charge is 2.09. The lowest BCUT2D eigenvalue weighted by atomic mass is 10.3. The van der Waals surface area contributed by atoms with Crippen molar-refractivity contribution in [2.45, 2.75) is 33.0 Å². The predicted octanol–water partition coefficient (Wildman–Crippen LogP) is 1.74. The largest absolute Gasteiger partial charge is 0.385 e. The van der Waals surface area contributed by atoms with Gasteiger partial charge in [0.15, 0.2) is 6.29 Å². The molecule has 0 saturated heterocycles. The van der Waals surface area contributed by atoms with E-state index in [1.54, 1.807) is 7.11 Å². The van der Waals surface area contributed by atoms with E-state index in [1.807, 2.05) is 13.8 Å². The fraction of sp³-hybridized carbons (Fsp3) is 1.00. The first kappa shape index (κ1) is 15.8. The van der Waals surface area contributed by atoms with Gasteiger partial charge in [-0.3, -0.25) is 0 Å². The zero-order valence-corrected chi connectivity index (χ0v) is 11.2. The summed E-state index contributed by atoms with van der Waals surface area (Å²) in [4.78, 5) is 2.28. The fourth-order valence-electron chi connectivity index (χ4n) is 1.50. The average Bonchev–Trinajstić information content (AvgIpc) is 2.27. The van der Waals surface area contributed by atoms with Crippen molar-refractivity contribution < 1.29 is 14.2 Å². The second-order valence-corrected chi connectivity index (χ2v) is 3.78. The first-order chi connectivity index (χ1) is 7.74. The summed E-state index contributed by atoms with van der Waals surface area (Å²) in [6.07, 6.45) is 1.94. The molecule has 0 unspecified atom stereocenters. The quantitative estimate of drug-likeness (QED) is 0.402. The van der Waals surface area contributed by atoms with E-state index in [1.165, 1.54) is 0 Å². The molecular weight excluding hydrogens is 206 g/mol. The van der Waals surface area contributed by atoms with Crippen molar-refractivity contribution in [3.05, 3.63) is 0 Å². The summed E-state index contributed by atoms with van der Waals surface area (Å²) in [5.74, 6) is 0.